The molecule has 0 radical (unpaired) electrons. The van der Waals surface area contributed by atoms with Gasteiger partial charge in [-0.05, 0) is 18.9 Å². The third kappa shape index (κ3) is 2.02. The number of rotatable bonds is 5. The number of aliphatic carboxylic acids is 1. The summed E-state index contributed by atoms with van der Waals surface area (Å²) in [7, 11) is 1.50. The van der Waals surface area contributed by atoms with Crippen LogP contribution in [0.2, 0.25) is 0 Å². The first kappa shape index (κ1) is 10.2. The molecule has 0 amide bonds. The quantitative estimate of drug-likeness (QED) is 0.788. The van der Waals surface area contributed by atoms with Gasteiger partial charge in [0, 0.05) is 24.9 Å². The monoisotopic (exact) mass is 210 g/mol. The number of methoxy groups -OCH3 is 1. The molecular weight excluding hydrogens is 196 g/mol. The van der Waals surface area contributed by atoms with Gasteiger partial charge in [0.15, 0.2) is 6.04 Å². The molecule has 1 aromatic rings. The van der Waals surface area contributed by atoms with Crippen molar-refractivity contribution in [1.29, 1.82) is 0 Å². The average molecular weight is 210 g/mol. The molecule has 82 valence electrons. The highest BCUT2D eigenvalue weighted by Crippen LogP contribution is 2.40. The van der Waals surface area contributed by atoms with Gasteiger partial charge in [-0.1, -0.05) is 0 Å². The maximum Gasteiger partial charge on any atom is 0.330 e. The lowest BCUT2D eigenvalue weighted by atomic mass is 10.2. The minimum atomic E-state index is -0.901. The molecule has 0 aromatic carbocycles. The number of hydrogen-bond donors (Lipinski definition) is 1. The van der Waals surface area contributed by atoms with Crippen LogP contribution >= 0.6 is 0 Å². The number of carboxylic acids is 1. The fourth-order valence-corrected chi connectivity index (χ4v) is 1.69. The smallest absolute Gasteiger partial charge is 0.330 e. The normalized spacial score (nSPS) is 17.7. The predicted octanol–water partition coefficient (Wildman–Crippen LogP) is 1.03. The first-order valence-electron chi connectivity index (χ1n) is 4.99. The van der Waals surface area contributed by atoms with Gasteiger partial charge in [-0.15, -0.1) is 0 Å². The molecule has 5 nitrogen and oxygen atoms in total. The van der Waals surface area contributed by atoms with Crippen molar-refractivity contribution >= 4 is 5.97 Å². The lowest BCUT2D eigenvalue weighted by Crippen LogP contribution is -2.25. The SMILES string of the molecule is COCC(C(=O)O)n1nccc1C1CC1. The van der Waals surface area contributed by atoms with E-state index in [0.717, 1.165) is 18.5 Å². The molecule has 1 aliphatic rings. The van der Waals surface area contributed by atoms with Crippen molar-refractivity contribution in [2.24, 2.45) is 0 Å². The van der Waals surface area contributed by atoms with Gasteiger partial charge in [0.25, 0.3) is 0 Å². The summed E-state index contributed by atoms with van der Waals surface area (Å²) in [6.07, 6.45) is 3.91. The van der Waals surface area contributed by atoms with E-state index in [2.05, 4.69) is 5.10 Å². The zero-order valence-corrected chi connectivity index (χ0v) is 8.59. The van der Waals surface area contributed by atoms with Crippen LogP contribution in [-0.4, -0.2) is 34.6 Å². The minimum absolute atomic E-state index is 0.150. The highest BCUT2D eigenvalue weighted by Gasteiger charge is 2.31. The van der Waals surface area contributed by atoms with E-state index in [1.165, 1.54) is 7.11 Å². The molecule has 1 N–H and O–H groups in total. The summed E-state index contributed by atoms with van der Waals surface area (Å²) >= 11 is 0. The topological polar surface area (TPSA) is 64.3 Å². The Bertz CT molecular complexity index is 357. The second-order valence-corrected chi connectivity index (χ2v) is 3.78. The molecule has 0 saturated heterocycles. The van der Waals surface area contributed by atoms with E-state index < -0.39 is 12.0 Å². The largest absolute Gasteiger partial charge is 0.480 e. The number of nitrogens with zero attached hydrogens (tertiary/aromatic N) is 2. The highest BCUT2D eigenvalue weighted by atomic mass is 16.5. The van der Waals surface area contributed by atoms with Crippen molar-refractivity contribution in [2.45, 2.75) is 24.8 Å². The van der Waals surface area contributed by atoms with Crippen LogP contribution in [0.3, 0.4) is 0 Å². The fraction of sp³-hybridized carbons (Fsp3) is 0.600. The maximum atomic E-state index is 11.0. The van der Waals surface area contributed by atoms with Crippen LogP contribution in [0, 0.1) is 0 Å². The molecule has 1 aliphatic carbocycles. The third-order valence-electron chi connectivity index (χ3n) is 2.60. The van der Waals surface area contributed by atoms with E-state index in [9.17, 15) is 4.79 Å². The Kier molecular flexibility index (Phi) is 2.73. The van der Waals surface area contributed by atoms with Gasteiger partial charge in [0.1, 0.15) is 0 Å². The van der Waals surface area contributed by atoms with Crippen LogP contribution in [0.15, 0.2) is 12.3 Å². The van der Waals surface area contributed by atoms with Crippen molar-refractivity contribution in [1.82, 2.24) is 9.78 Å². The lowest BCUT2D eigenvalue weighted by molar-refractivity contribution is -0.143. The Morgan fingerprint density at radius 1 is 1.80 bits per heavy atom. The zero-order chi connectivity index (χ0) is 10.8. The van der Waals surface area contributed by atoms with E-state index in [4.69, 9.17) is 9.84 Å². The van der Waals surface area contributed by atoms with Gasteiger partial charge < -0.3 is 9.84 Å². The molecule has 1 atom stereocenters. The Labute approximate surface area is 87.7 Å². The average Bonchev–Trinajstić information content (AvgIpc) is 2.94. The summed E-state index contributed by atoms with van der Waals surface area (Å²) in [6, 6.07) is 1.18. The third-order valence-corrected chi connectivity index (χ3v) is 2.60. The van der Waals surface area contributed by atoms with Crippen LogP contribution in [0.25, 0.3) is 0 Å². The van der Waals surface area contributed by atoms with Crippen LogP contribution in [0.5, 0.6) is 0 Å². The van der Waals surface area contributed by atoms with E-state index >= 15 is 0 Å². The van der Waals surface area contributed by atoms with E-state index in [-0.39, 0.29) is 6.61 Å². The Morgan fingerprint density at radius 3 is 3.07 bits per heavy atom. The number of hydrogen-bond acceptors (Lipinski definition) is 3. The van der Waals surface area contributed by atoms with Crippen LogP contribution < -0.4 is 0 Å². The molecule has 1 unspecified atom stereocenters. The summed E-state index contributed by atoms with van der Waals surface area (Å²) in [5, 5.41) is 13.1. The standard InChI is InChI=1S/C10H14N2O3/c1-15-6-9(10(13)14)12-8(4-5-11-12)7-2-3-7/h4-5,7,9H,2-3,6H2,1H3,(H,13,14). The number of carboxylic acid groups (broad SMARTS) is 1. The van der Waals surface area contributed by atoms with Gasteiger partial charge in [-0.25, -0.2) is 4.79 Å². The molecule has 15 heavy (non-hydrogen) atoms. The van der Waals surface area contributed by atoms with E-state index in [1.54, 1.807) is 10.9 Å². The second-order valence-electron chi connectivity index (χ2n) is 3.78. The first-order chi connectivity index (χ1) is 7.24. The zero-order valence-electron chi connectivity index (χ0n) is 8.59. The summed E-state index contributed by atoms with van der Waals surface area (Å²) < 4.78 is 6.48. The van der Waals surface area contributed by atoms with Crippen molar-refractivity contribution in [3.05, 3.63) is 18.0 Å². The molecule has 0 bridgehead atoms. The van der Waals surface area contributed by atoms with Crippen molar-refractivity contribution in [2.75, 3.05) is 13.7 Å². The molecule has 0 aliphatic heterocycles. The fourth-order valence-electron chi connectivity index (χ4n) is 1.69. The summed E-state index contributed by atoms with van der Waals surface area (Å²) in [5.74, 6) is -0.409. The van der Waals surface area contributed by atoms with Gasteiger partial charge in [-0.3, -0.25) is 4.68 Å². The van der Waals surface area contributed by atoms with Gasteiger partial charge in [-0.2, -0.15) is 5.10 Å². The molecule has 1 aromatic heterocycles. The Balaban J connectivity index is 2.24. The summed E-state index contributed by atoms with van der Waals surface area (Å²) in [6.45, 7) is 0.150. The molecule has 1 saturated carbocycles. The van der Waals surface area contributed by atoms with Gasteiger partial charge in [0.2, 0.25) is 0 Å². The van der Waals surface area contributed by atoms with E-state index in [0.29, 0.717) is 5.92 Å². The Morgan fingerprint density at radius 2 is 2.53 bits per heavy atom. The molecule has 2 rings (SSSR count). The number of carbonyl (C=O) groups is 1. The summed E-state index contributed by atoms with van der Waals surface area (Å²) in [5.41, 5.74) is 1.01. The van der Waals surface area contributed by atoms with E-state index in [1.807, 2.05) is 6.07 Å². The van der Waals surface area contributed by atoms with Crippen molar-refractivity contribution < 1.29 is 14.6 Å². The van der Waals surface area contributed by atoms with Crippen LogP contribution in [-0.2, 0) is 9.53 Å². The van der Waals surface area contributed by atoms with Gasteiger partial charge in [0.05, 0.1) is 6.61 Å². The van der Waals surface area contributed by atoms with Crippen molar-refractivity contribution in [3.8, 4) is 0 Å². The van der Waals surface area contributed by atoms with Crippen molar-refractivity contribution in [3.63, 3.8) is 0 Å². The molecule has 0 spiro atoms. The number of aromatic nitrogens is 2. The highest BCUT2D eigenvalue weighted by molar-refractivity contribution is 5.72. The molecular formula is C10H14N2O3. The van der Waals surface area contributed by atoms with Crippen LogP contribution in [0.4, 0.5) is 0 Å². The minimum Gasteiger partial charge on any atom is -0.480 e. The first-order valence-corrected chi connectivity index (χ1v) is 4.99. The Hall–Kier alpha value is -1.36. The summed E-state index contributed by atoms with van der Waals surface area (Å²) in [4.78, 5) is 11.0. The lowest BCUT2D eigenvalue weighted by Gasteiger charge is -2.14. The van der Waals surface area contributed by atoms with Crippen LogP contribution in [0.1, 0.15) is 30.5 Å². The second kappa shape index (κ2) is 4.02. The number of ether oxygens (including phenoxy) is 1. The molecule has 1 fully saturated rings. The predicted molar refractivity (Wildman–Crippen MR) is 52.8 cm³/mol. The van der Waals surface area contributed by atoms with Gasteiger partial charge >= 0.3 is 5.97 Å². The molecule has 1 heterocycles. The maximum absolute atomic E-state index is 11.0. The molecule has 5 heteroatoms.